The normalized spacial score (nSPS) is 10.7. The lowest BCUT2D eigenvalue weighted by atomic mass is 10.1. The SMILES string of the molecule is O=c1[nH]cnc(-c2ccc(Cl)c(Cl)c2)c1-c1ncc[nH]1. The lowest BCUT2D eigenvalue weighted by Crippen LogP contribution is -2.12. The van der Waals surface area contributed by atoms with Gasteiger partial charge < -0.3 is 9.97 Å². The molecular weight excluding hydrogens is 299 g/mol. The maximum absolute atomic E-state index is 12.0. The molecule has 0 radical (unpaired) electrons. The summed E-state index contributed by atoms with van der Waals surface area (Å²) in [5.74, 6) is 0.445. The predicted molar refractivity (Wildman–Crippen MR) is 77.9 cm³/mol. The van der Waals surface area contributed by atoms with Crippen molar-refractivity contribution >= 4 is 23.2 Å². The van der Waals surface area contributed by atoms with Crippen LogP contribution in [0.4, 0.5) is 0 Å². The van der Waals surface area contributed by atoms with Gasteiger partial charge in [-0.3, -0.25) is 4.79 Å². The minimum Gasteiger partial charge on any atom is -0.344 e. The summed E-state index contributed by atoms with van der Waals surface area (Å²) in [5.41, 5.74) is 1.26. The predicted octanol–water partition coefficient (Wildman–Crippen LogP) is 3.13. The fraction of sp³-hybridized carbons (Fsp3) is 0. The highest BCUT2D eigenvalue weighted by molar-refractivity contribution is 6.42. The molecule has 100 valence electrons. The Hall–Kier alpha value is -2.11. The molecule has 2 heterocycles. The molecule has 3 aromatic rings. The molecule has 0 atom stereocenters. The number of hydrogen-bond donors (Lipinski definition) is 2. The van der Waals surface area contributed by atoms with Crippen molar-refractivity contribution in [3.8, 4) is 22.6 Å². The number of H-pyrrole nitrogens is 2. The molecule has 5 nitrogen and oxygen atoms in total. The molecule has 0 bridgehead atoms. The summed E-state index contributed by atoms with van der Waals surface area (Å²) >= 11 is 11.9. The number of aromatic amines is 2. The van der Waals surface area contributed by atoms with Gasteiger partial charge >= 0.3 is 0 Å². The zero-order chi connectivity index (χ0) is 14.1. The number of imidazole rings is 1. The Kier molecular flexibility index (Phi) is 3.30. The maximum atomic E-state index is 12.0. The fourth-order valence-corrected chi connectivity index (χ4v) is 2.18. The van der Waals surface area contributed by atoms with Crippen molar-refractivity contribution < 1.29 is 0 Å². The lowest BCUT2D eigenvalue weighted by Gasteiger charge is -2.06. The summed E-state index contributed by atoms with van der Waals surface area (Å²) in [7, 11) is 0. The molecule has 3 rings (SSSR count). The second-order valence-corrected chi connectivity index (χ2v) is 4.84. The van der Waals surface area contributed by atoms with Crippen LogP contribution in [0.15, 0.2) is 41.7 Å². The van der Waals surface area contributed by atoms with E-state index in [0.717, 1.165) is 0 Å². The largest absolute Gasteiger partial charge is 0.344 e. The van der Waals surface area contributed by atoms with Gasteiger partial charge in [-0.05, 0) is 12.1 Å². The van der Waals surface area contributed by atoms with Gasteiger partial charge in [0.15, 0.2) is 0 Å². The van der Waals surface area contributed by atoms with Gasteiger partial charge in [0.05, 0.1) is 22.1 Å². The van der Waals surface area contributed by atoms with Crippen LogP contribution >= 0.6 is 23.2 Å². The summed E-state index contributed by atoms with van der Waals surface area (Å²) in [6.07, 6.45) is 4.55. The zero-order valence-electron chi connectivity index (χ0n) is 10.0. The van der Waals surface area contributed by atoms with Crippen LogP contribution in [0, 0.1) is 0 Å². The van der Waals surface area contributed by atoms with E-state index in [1.54, 1.807) is 30.6 Å². The van der Waals surface area contributed by atoms with E-state index in [0.29, 0.717) is 32.7 Å². The Labute approximate surface area is 123 Å². The van der Waals surface area contributed by atoms with Gasteiger partial charge in [0.25, 0.3) is 5.56 Å². The number of rotatable bonds is 2. The number of aromatic nitrogens is 4. The summed E-state index contributed by atoms with van der Waals surface area (Å²) in [5, 5.41) is 0.844. The molecule has 0 saturated carbocycles. The highest BCUT2D eigenvalue weighted by Gasteiger charge is 2.15. The average Bonchev–Trinajstić information content (AvgIpc) is 2.95. The van der Waals surface area contributed by atoms with Gasteiger partial charge in [-0.1, -0.05) is 29.3 Å². The summed E-state index contributed by atoms with van der Waals surface area (Å²) in [6, 6.07) is 5.08. The molecule has 0 aliphatic heterocycles. The smallest absolute Gasteiger partial charge is 0.262 e. The van der Waals surface area contributed by atoms with Crippen LogP contribution in [0.5, 0.6) is 0 Å². The van der Waals surface area contributed by atoms with Crippen LogP contribution in [0.25, 0.3) is 22.6 Å². The minimum atomic E-state index is -0.281. The van der Waals surface area contributed by atoms with E-state index in [2.05, 4.69) is 19.9 Å². The first kappa shape index (κ1) is 12.9. The number of nitrogens with one attached hydrogen (secondary N) is 2. The first-order chi connectivity index (χ1) is 9.66. The number of hydrogen-bond acceptors (Lipinski definition) is 3. The molecule has 1 aromatic carbocycles. The molecule has 0 aliphatic carbocycles. The third kappa shape index (κ3) is 2.21. The van der Waals surface area contributed by atoms with Crippen LogP contribution in [0.2, 0.25) is 10.0 Å². The first-order valence-corrected chi connectivity index (χ1v) is 6.45. The second kappa shape index (κ2) is 5.11. The van der Waals surface area contributed by atoms with E-state index in [1.165, 1.54) is 6.33 Å². The molecule has 2 N–H and O–H groups in total. The average molecular weight is 307 g/mol. The van der Waals surface area contributed by atoms with Crippen molar-refractivity contribution in [2.45, 2.75) is 0 Å². The molecule has 0 aliphatic rings. The van der Waals surface area contributed by atoms with Crippen molar-refractivity contribution in [1.29, 1.82) is 0 Å². The van der Waals surface area contributed by atoms with Gasteiger partial charge in [-0.25, -0.2) is 9.97 Å². The molecule has 0 saturated heterocycles. The summed E-state index contributed by atoms with van der Waals surface area (Å²) in [4.78, 5) is 25.8. The Morgan fingerprint density at radius 1 is 1.05 bits per heavy atom. The Balaban J connectivity index is 2.27. The molecule has 0 unspecified atom stereocenters. The van der Waals surface area contributed by atoms with Gasteiger partial charge in [0.2, 0.25) is 0 Å². The van der Waals surface area contributed by atoms with Crippen LogP contribution in [-0.4, -0.2) is 19.9 Å². The van der Waals surface area contributed by atoms with Gasteiger partial charge in [0.1, 0.15) is 11.4 Å². The zero-order valence-corrected chi connectivity index (χ0v) is 11.5. The topological polar surface area (TPSA) is 74.4 Å². The van der Waals surface area contributed by atoms with Crippen molar-refractivity contribution in [2.75, 3.05) is 0 Å². The van der Waals surface area contributed by atoms with Crippen molar-refractivity contribution in [2.24, 2.45) is 0 Å². The van der Waals surface area contributed by atoms with Crippen molar-refractivity contribution in [3.63, 3.8) is 0 Å². The molecule has 2 aromatic heterocycles. The van der Waals surface area contributed by atoms with E-state index >= 15 is 0 Å². The van der Waals surface area contributed by atoms with Gasteiger partial charge in [-0.15, -0.1) is 0 Å². The first-order valence-electron chi connectivity index (χ1n) is 5.69. The van der Waals surface area contributed by atoms with Gasteiger partial charge in [0, 0.05) is 18.0 Å². The Morgan fingerprint density at radius 2 is 1.90 bits per heavy atom. The van der Waals surface area contributed by atoms with Crippen LogP contribution in [0.3, 0.4) is 0 Å². The monoisotopic (exact) mass is 306 g/mol. The van der Waals surface area contributed by atoms with Crippen molar-refractivity contribution in [3.05, 3.63) is 57.3 Å². The second-order valence-electron chi connectivity index (χ2n) is 4.02. The lowest BCUT2D eigenvalue weighted by molar-refractivity contribution is 1.11. The molecule has 0 fully saturated rings. The summed E-state index contributed by atoms with van der Waals surface area (Å²) < 4.78 is 0. The molecular formula is C13H8Cl2N4O. The van der Waals surface area contributed by atoms with E-state index in [9.17, 15) is 4.79 Å². The number of benzene rings is 1. The van der Waals surface area contributed by atoms with E-state index in [-0.39, 0.29) is 5.56 Å². The Morgan fingerprint density at radius 3 is 2.60 bits per heavy atom. The molecule has 0 amide bonds. The van der Waals surface area contributed by atoms with E-state index < -0.39 is 0 Å². The minimum absolute atomic E-state index is 0.281. The van der Waals surface area contributed by atoms with E-state index in [1.807, 2.05) is 0 Å². The third-order valence-corrected chi connectivity index (χ3v) is 3.52. The van der Waals surface area contributed by atoms with Crippen molar-refractivity contribution in [1.82, 2.24) is 19.9 Å². The fourth-order valence-electron chi connectivity index (χ4n) is 1.88. The highest BCUT2D eigenvalue weighted by atomic mass is 35.5. The van der Waals surface area contributed by atoms with Crippen LogP contribution in [0.1, 0.15) is 0 Å². The number of halogens is 2. The Bertz CT molecular complexity index is 811. The molecule has 0 spiro atoms. The van der Waals surface area contributed by atoms with Gasteiger partial charge in [-0.2, -0.15) is 0 Å². The van der Waals surface area contributed by atoms with E-state index in [4.69, 9.17) is 23.2 Å². The third-order valence-electron chi connectivity index (χ3n) is 2.78. The summed E-state index contributed by atoms with van der Waals surface area (Å²) in [6.45, 7) is 0. The standard InChI is InChI=1S/C13H8Cl2N4O/c14-8-2-1-7(5-9(8)15)11-10(12-16-3-4-17-12)13(20)19-6-18-11/h1-6H,(H,16,17)(H,18,19,20). The quantitative estimate of drug-likeness (QED) is 0.764. The molecule has 7 heteroatoms. The van der Waals surface area contributed by atoms with Crippen LogP contribution in [-0.2, 0) is 0 Å². The van der Waals surface area contributed by atoms with Crippen LogP contribution < -0.4 is 5.56 Å². The number of nitrogens with zero attached hydrogens (tertiary/aromatic N) is 2. The maximum Gasteiger partial charge on any atom is 0.262 e. The highest BCUT2D eigenvalue weighted by Crippen LogP contribution is 2.30. The molecule has 20 heavy (non-hydrogen) atoms.